The maximum Gasteiger partial charge on any atom is 0.434 e. The summed E-state index contributed by atoms with van der Waals surface area (Å²) in [6, 6.07) is 0. The molecule has 0 bridgehead atoms. The van der Waals surface area contributed by atoms with Gasteiger partial charge in [-0.1, -0.05) is 6.08 Å². The van der Waals surface area contributed by atoms with E-state index in [1.54, 1.807) is 0 Å². The Balaban J connectivity index is 1.77. The van der Waals surface area contributed by atoms with Gasteiger partial charge in [-0.3, -0.25) is 0 Å². The number of alkyl halides is 3. The summed E-state index contributed by atoms with van der Waals surface area (Å²) in [6.45, 7) is 1.16. The van der Waals surface area contributed by atoms with Gasteiger partial charge in [-0.25, -0.2) is 4.98 Å². The van der Waals surface area contributed by atoms with Crippen molar-refractivity contribution in [2.75, 3.05) is 13.2 Å². The summed E-state index contributed by atoms with van der Waals surface area (Å²) in [5, 5.41) is 1.50. The summed E-state index contributed by atoms with van der Waals surface area (Å²) < 4.78 is 48.6. The Morgan fingerprint density at radius 3 is 2.53 bits per heavy atom. The maximum absolute atomic E-state index is 12.5. The highest BCUT2D eigenvalue weighted by atomic mass is 32.1. The van der Waals surface area contributed by atoms with Gasteiger partial charge in [0.15, 0.2) is 11.5 Å². The molecule has 0 N–H and O–H groups in total. The first-order valence-electron chi connectivity index (χ1n) is 5.99. The van der Waals surface area contributed by atoms with E-state index in [4.69, 9.17) is 9.47 Å². The highest BCUT2D eigenvalue weighted by Gasteiger charge is 2.39. The molecule has 2 heterocycles. The molecule has 1 spiro atoms. The van der Waals surface area contributed by atoms with Gasteiger partial charge in [-0.05, 0) is 12.0 Å². The second-order valence-electron chi connectivity index (χ2n) is 4.58. The van der Waals surface area contributed by atoms with E-state index in [0.29, 0.717) is 37.5 Å². The van der Waals surface area contributed by atoms with Crippen molar-refractivity contribution in [1.29, 1.82) is 0 Å². The monoisotopic (exact) mass is 291 g/mol. The number of ether oxygens (including phenoxy) is 2. The fraction of sp³-hybridized carbons (Fsp3) is 0.583. The molecule has 104 valence electrons. The minimum Gasteiger partial charge on any atom is -0.347 e. The molecular formula is C12H12F3NO2S. The van der Waals surface area contributed by atoms with Crippen LogP contribution in [0.4, 0.5) is 13.2 Å². The number of nitrogens with zero attached hydrogens (tertiary/aromatic N) is 1. The molecule has 0 atom stereocenters. The van der Waals surface area contributed by atoms with Crippen molar-refractivity contribution in [3.05, 3.63) is 22.2 Å². The fourth-order valence-electron chi connectivity index (χ4n) is 2.31. The molecule has 19 heavy (non-hydrogen) atoms. The Labute approximate surface area is 112 Å². The summed E-state index contributed by atoms with van der Waals surface area (Å²) in [6.07, 6.45) is -0.621. The first-order valence-corrected chi connectivity index (χ1v) is 6.87. The quantitative estimate of drug-likeness (QED) is 0.794. The predicted octanol–water partition coefficient (Wildman–Crippen LogP) is 3.47. The maximum atomic E-state index is 12.5. The molecule has 1 fully saturated rings. The third-order valence-corrected chi connectivity index (χ3v) is 4.24. The van der Waals surface area contributed by atoms with Crippen LogP contribution >= 0.6 is 11.3 Å². The van der Waals surface area contributed by atoms with Crippen LogP contribution in [0, 0.1) is 0 Å². The third-order valence-electron chi connectivity index (χ3n) is 3.32. The molecule has 1 aliphatic heterocycles. The lowest BCUT2D eigenvalue weighted by atomic mass is 9.94. The highest BCUT2D eigenvalue weighted by Crippen LogP contribution is 2.40. The average Bonchev–Trinajstić information content (AvgIpc) is 2.99. The van der Waals surface area contributed by atoms with E-state index in [1.165, 1.54) is 0 Å². The normalized spacial score (nSPS) is 22.8. The number of allylic oxidation sites excluding steroid dienone is 1. The lowest BCUT2D eigenvalue weighted by molar-refractivity contribution is -0.159. The summed E-state index contributed by atoms with van der Waals surface area (Å²) >= 11 is 1.03. The fourth-order valence-corrected chi connectivity index (χ4v) is 3.21. The lowest BCUT2D eigenvalue weighted by Gasteiger charge is -2.30. The van der Waals surface area contributed by atoms with Crippen LogP contribution in [0.25, 0.3) is 5.57 Å². The molecule has 3 nitrogen and oxygen atoms in total. The van der Waals surface area contributed by atoms with Crippen LogP contribution in [0.2, 0.25) is 0 Å². The summed E-state index contributed by atoms with van der Waals surface area (Å²) in [7, 11) is 0. The molecule has 7 heteroatoms. The standard InChI is InChI=1S/C12H12F3NO2S/c13-12(14,15)9-7-19-10(16-9)8-1-3-11(4-2-8)17-5-6-18-11/h1,7H,2-6H2. The molecule has 1 aromatic heterocycles. The Morgan fingerprint density at radius 2 is 2.00 bits per heavy atom. The van der Waals surface area contributed by atoms with Crippen LogP contribution < -0.4 is 0 Å². The smallest absolute Gasteiger partial charge is 0.347 e. The number of halogens is 3. The molecule has 1 aliphatic carbocycles. The van der Waals surface area contributed by atoms with Crippen LogP contribution in [0.15, 0.2) is 11.5 Å². The van der Waals surface area contributed by atoms with Gasteiger partial charge < -0.3 is 9.47 Å². The number of hydrogen-bond donors (Lipinski definition) is 0. The van der Waals surface area contributed by atoms with Crippen molar-refractivity contribution in [2.45, 2.75) is 31.2 Å². The predicted molar refractivity (Wildman–Crippen MR) is 63.6 cm³/mol. The zero-order valence-corrected chi connectivity index (χ0v) is 10.8. The number of rotatable bonds is 1. The molecule has 0 amide bonds. The lowest BCUT2D eigenvalue weighted by Crippen LogP contribution is -2.31. The molecular weight excluding hydrogens is 279 g/mol. The van der Waals surface area contributed by atoms with E-state index in [2.05, 4.69) is 4.98 Å². The Hall–Kier alpha value is -0.920. The van der Waals surface area contributed by atoms with Crippen LogP contribution in [0.1, 0.15) is 30.0 Å². The van der Waals surface area contributed by atoms with E-state index in [1.807, 2.05) is 6.08 Å². The van der Waals surface area contributed by atoms with E-state index in [-0.39, 0.29) is 0 Å². The topological polar surface area (TPSA) is 31.4 Å². The molecule has 1 aromatic rings. The molecule has 0 unspecified atom stereocenters. The Kier molecular flexibility index (Phi) is 3.15. The van der Waals surface area contributed by atoms with Crippen molar-refractivity contribution in [3.63, 3.8) is 0 Å². The van der Waals surface area contributed by atoms with Crippen LogP contribution in [0.5, 0.6) is 0 Å². The van der Waals surface area contributed by atoms with Crippen LogP contribution in [-0.2, 0) is 15.7 Å². The van der Waals surface area contributed by atoms with Crippen molar-refractivity contribution < 1.29 is 22.6 Å². The van der Waals surface area contributed by atoms with Gasteiger partial charge in [-0.2, -0.15) is 13.2 Å². The van der Waals surface area contributed by atoms with Gasteiger partial charge in [0.2, 0.25) is 0 Å². The van der Waals surface area contributed by atoms with Gasteiger partial charge in [0.25, 0.3) is 0 Å². The van der Waals surface area contributed by atoms with Gasteiger partial charge >= 0.3 is 6.18 Å². The highest BCUT2D eigenvalue weighted by molar-refractivity contribution is 7.10. The SMILES string of the molecule is FC(F)(F)c1csc(C2=CCC3(CC2)OCCO3)n1. The van der Waals surface area contributed by atoms with Crippen LogP contribution in [0.3, 0.4) is 0 Å². The molecule has 0 aromatic carbocycles. The summed E-state index contributed by atoms with van der Waals surface area (Å²) in [5.41, 5.74) is 0.0345. The van der Waals surface area contributed by atoms with Gasteiger partial charge in [0.1, 0.15) is 5.01 Å². The van der Waals surface area contributed by atoms with Gasteiger partial charge in [-0.15, -0.1) is 11.3 Å². The number of hydrogen-bond acceptors (Lipinski definition) is 4. The first kappa shape index (κ1) is 13.1. The second kappa shape index (κ2) is 4.57. The zero-order chi connectivity index (χ0) is 13.5. The largest absolute Gasteiger partial charge is 0.434 e. The second-order valence-corrected chi connectivity index (χ2v) is 5.43. The van der Waals surface area contributed by atoms with Crippen LogP contribution in [-0.4, -0.2) is 24.0 Å². The van der Waals surface area contributed by atoms with Crippen molar-refractivity contribution >= 4 is 16.9 Å². The summed E-state index contributed by atoms with van der Waals surface area (Å²) in [4.78, 5) is 3.66. The minimum atomic E-state index is -4.37. The van der Waals surface area contributed by atoms with Gasteiger partial charge in [0.05, 0.1) is 13.2 Å². The molecule has 0 radical (unpaired) electrons. The minimum absolute atomic E-state index is 0.445. The van der Waals surface area contributed by atoms with E-state index < -0.39 is 17.7 Å². The van der Waals surface area contributed by atoms with Crippen molar-refractivity contribution in [2.24, 2.45) is 0 Å². The van der Waals surface area contributed by atoms with Crippen molar-refractivity contribution in [3.8, 4) is 0 Å². The van der Waals surface area contributed by atoms with Gasteiger partial charge in [0, 0.05) is 18.2 Å². The van der Waals surface area contributed by atoms with E-state index in [9.17, 15) is 13.2 Å². The summed E-state index contributed by atoms with van der Waals surface area (Å²) in [5.74, 6) is -0.548. The molecule has 3 rings (SSSR count). The molecule has 2 aliphatic rings. The number of aromatic nitrogens is 1. The van der Waals surface area contributed by atoms with E-state index >= 15 is 0 Å². The zero-order valence-electron chi connectivity index (χ0n) is 10.00. The third kappa shape index (κ3) is 2.54. The average molecular weight is 291 g/mol. The first-order chi connectivity index (χ1) is 8.99. The Morgan fingerprint density at radius 1 is 1.26 bits per heavy atom. The number of thiazole rings is 1. The van der Waals surface area contributed by atoms with Crippen molar-refractivity contribution in [1.82, 2.24) is 4.98 Å². The molecule has 1 saturated heterocycles. The Bertz CT molecular complexity index is 503. The molecule has 0 saturated carbocycles. The van der Waals surface area contributed by atoms with E-state index in [0.717, 1.165) is 22.3 Å².